The number of halogens is 1. The third kappa shape index (κ3) is 4.60. The van der Waals surface area contributed by atoms with Crippen LogP contribution in [0.15, 0.2) is 54.3 Å². The molecular weight excluding hydrogens is 420 g/mol. The molecule has 1 aliphatic carbocycles. The Morgan fingerprint density at radius 2 is 2.00 bits per heavy atom. The van der Waals surface area contributed by atoms with E-state index in [0.717, 1.165) is 24.2 Å². The van der Waals surface area contributed by atoms with E-state index in [1.807, 2.05) is 39.6 Å². The molecule has 1 aliphatic rings. The molecule has 1 saturated carbocycles. The lowest BCUT2D eigenvalue weighted by Gasteiger charge is -2.14. The van der Waals surface area contributed by atoms with Gasteiger partial charge in [-0.25, -0.2) is 4.68 Å². The molecule has 1 N–H and O–H groups in total. The SMILES string of the molecule is C=CCn1c(SCC(=O)Nc2ccnn2C2CCCC2)nnc1-c1ccc(Cl)cc1. The number of hydrogen-bond donors (Lipinski definition) is 1. The molecule has 0 saturated heterocycles. The van der Waals surface area contributed by atoms with Gasteiger partial charge in [-0.15, -0.1) is 16.8 Å². The number of benzene rings is 1. The van der Waals surface area contributed by atoms with Gasteiger partial charge in [0.25, 0.3) is 0 Å². The first-order valence-corrected chi connectivity index (χ1v) is 11.3. The molecule has 2 aromatic heterocycles. The fraction of sp³-hybridized carbons (Fsp3) is 0.333. The summed E-state index contributed by atoms with van der Waals surface area (Å²) in [4.78, 5) is 12.6. The minimum absolute atomic E-state index is 0.0963. The minimum atomic E-state index is -0.0963. The predicted molar refractivity (Wildman–Crippen MR) is 120 cm³/mol. The second-order valence-corrected chi connectivity index (χ2v) is 8.53. The van der Waals surface area contributed by atoms with Crippen LogP contribution >= 0.6 is 23.4 Å². The van der Waals surface area contributed by atoms with Gasteiger partial charge in [0.1, 0.15) is 5.82 Å². The minimum Gasteiger partial charge on any atom is -0.310 e. The van der Waals surface area contributed by atoms with Gasteiger partial charge in [0, 0.05) is 23.2 Å². The molecule has 3 aromatic rings. The Bertz CT molecular complexity index is 1020. The lowest BCUT2D eigenvalue weighted by atomic mass is 10.2. The smallest absolute Gasteiger partial charge is 0.235 e. The zero-order valence-corrected chi connectivity index (χ0v) is 18.1. The highest BCUT2D eigenvalue weighted by Gasteiger charge is 2.21. The van der Waals surface area contributed by atoms with E-state index in [9.17, 15) is 4.79 Å². The highest BCUT2D eigenvalue weighted by Crippen LogP contribution is 2.31. The van der Waals surface area contributed by atoms with Gasteiger partial charge in [-0.3, -0.25) is 9.36 Å². The topological polar surface area (TPSA) is 77.6 Å². The number of aromatic nitrogens is 5. The molecule has 0 aliphatic heterocycles. The molecule has 1 amide bonds. The Labute approximate surface area is 184 Å². The van der Waals surface area contributed by atoms with E-state index in [-0.39, 0.29) is 11.7 Å². The maximum Gasteiger partial charge on any atom is 0.235 e. The third-order valence-corrected chi connectivity index (χ3v) is 6.29. The van der Waals surface area contributed by atoms with Gasteiger partial charge < -0.3 is 5.32 Å². The molecule has 7 nitrogen and oxygen atoms in total. The first kappa shape index (κ1) is 20.7. The van der Waals surface area contributed by atoms with Gasteiger partial charge >= 0.3 is 0 Å². The third-order valence-electron chi connectivity index (χ3n) is 5.07. The van der Waals surface area contributed by atoms with E-state index < -0.39 is 0 Å². The summed E-state index contributed by atoms with van der Waals surface area (Å²) in [5.41, 5.74) is 0.908. The highest BCUT2D eigenvalue weighted by atomic mass is 35.5. The maximum atomic E-state index is 12.6. The normalized spacial score (nSPS) is 14.2. The van der Waals surface area contributed by atoms with Gasteiger partial charge in [0.05, 0.1) is 18.0 Å². The molecule has 0 bridgehead atoms. The van der Waals surface area contributed by atoms with E-state index in [1.165, 1.54) is 24.6 Å². The van der Waals surface area contributed by atoms with Crippen molar-refractivity contribution in [3.05, 3.63) is 54.2 Å². The Morgan fingerprint density at radius 1 is 1.23 bits per heavy atom. The second kappa shape index (κ2) is 9.49. The average Bonchev–Trinajstić information content (AvgIpc) is 3.48. The van der Waals surface area contributed by atoms with Crippen molar-refractivity contribution < 1.29 is 4.79 Å². The lowest BCUT2D eigenvalue weighted by Crippen LogP contribution is -2.19. The molecule has 0 atom stereocenters. The molecule has 156 valence electrons. The van der Waals surface area contributed by atoms with E-state index in [1.54, 1.807) is 12.3 Å². The largest absolute Gasteiger partial charge is 0.310 e. The number of hydrogen-bond acceptors (Lipinski definition) is 5. The number of thioether (sulfide) groups is 1. The zero-order valence-electron chi connectivity index (χ0n) is 16.5. The van der Waals surface area contributed by atoms with Crippen LogP contribution in [-0.2, 0) is 11.3 Å². The van der Waals surface area contributed by atoms with Gasteiger partial charge in [-0.1, -0.05) is 42.3 Å². The first-order chi connectivity index (χ1) is 14.7. The van der Waals surface area contributed by atoms with Crippen molar-refractivity contribution in [3.63, 3.8) is 0 Å². The summed E-state index contributed by atoms with van der Waals surface area (Å²) in [6.07, 6.45) is 8.16. The standard InChI is InChI=1S/C21H23ClN6OS/c1-2-13-27-20(15-7-9-16(22)10-8-15)25-26-21(27)30-14-19(29)24-18-11-12-23-28(18)17-5-3-4-6-17/h2,7-12,17H,1,3-6,13-14H2,(H,24,29). The van der Waals surface area contributed by atoms with Crippen LogP contribution in [0.2, 0.25) is 5.02 Å². The fourth-order valence-electron chi connectivity index (χ4n) is 3.66. The quantitative estimate of drug-likeness (QED) is 0.399. The molecule has 30 heavy (non-hydrogen) atoms. The van der Waals surface area contributed by atoms with Crippen LogP contribution in [0.5, 0.6) is 0 Å². The molecule has 1 fully saturated rings. The Balaban J connectivity index is 1.43. The van der Waals surface area contributed by atoms with Crippen molar-refractivity contribution in [1.82, 2.24) is 24.5 Å². The molecular formula is C21H23ClN6OS. The summed E-state index contributed by atoms with van der Waals surface area (Å²) in [5, 5.41) is 17.3. The Hall–Kier alpha value is -2.58. The van der Waals surface area contributed by atoms with Crippen molar-refractivity contribution in [2.45, 2.75) is 43.4 Å². The summed E-state index contributed by atoms with van der Waals surface area (Å²) in [7, 11) is 0. The van der Waals surface area contributed by atoms with Crippen LogP contribution in [0.4, 0.5) is 5.82 Å². The van der Waals surface area contributed by atoms with Crippen LogP contribution in [0.1, 0.15) is 31.7 Å². The van der Waals surface area contributed by atoms with Crippen molar-refractivity contribution in [2.24, 2.45) is 0 Å². The van der Waals surface area contributed by atoms with Gasteiger partial charge in [0.15, 0.2) is 11.0 Å². The molecule has 0 radical (unpaired) electrons. The summed E-state index contributed by atoms with van der Waals surface area (Å²) >= 11 is 7.33. The van der Waals surface area contributed by atoms with Crippen molar-refractivity contribution in [3.8, 4) is 11.4 Å². The number of rotatable bonds is 8. The lowest BCUT2D eigenvalue weighted by molar-refractivity contribution is -0.113. The number of amides is 1. The predicted octanol–water partition coefficient (Wildman–Crippen LogP) is 4.83. The highest BCUT2D eigenvalue weighted by molar-refractivity contribution is 7.99. The molecule has 0 unspecified atom stereocenters. The van der Waals surface area contributed by atoms with Crippen LogP contribution in [0.25, 0.3) is 11.4 Å². The molecule has 2 heterocycles. The number of anilines is 1. The summed E-state index contributed by atoms with van der Waals surface area (Å²) in [5.74, 6) is 1.60. The van der Waals surface area contributed by atoms with Crippen molar-refractivity contribution in [1.29, 1.82) is 0 Å². The van der Waals surface area contributed by atoms with Crippen LogP contribution in [-0.4, -0.2) is 36.2 Å². The number of allylic oxidation sites excluding steroid dienone is 1. The van der Waals surface area contributed by atoms with Crippen LogP contribution in [0.3, 0.4) is 0 Å². The van der Waals surface area contributed by atoms with Gasteiger partial charge in [-0.05, 0) is 37.1 Å². The number of nitrogens with one attached hydrogen (secondary N) is 1. The summed E-state index contributed by atoms with van der Waals surface area (Å²) < 4.78 is 3.88. The van der Waals surface area contributed by atoms with Crippen molar-refractivity contribution in [2.75, 3.05) is 11.1 Å². The van der Waals surface area contributed by atoms with Crippen LogP contribution in [0, 0.1) is 0 Å². The van der Waals surface area contributed by atoms with E-state index in [0.29, 0.717) is 28.6 Å². The van der Waals surface area contributed by atoms with Crippen LogP contribution < -0.4 is 5.32 Å². The monoisotopic (exact) mass is 442 g/mol. The second-order valence-electron chi connectivity index (χ2n) is 7.15. The molecule has 9 heteroatoms. The number of nitrogens with zero attached hydrogens (tertiary/aromatic N) is 5. The van der Waals surface area contributed by atoms with Crippen molar-refractivity contribution >= 4 is 35.1 Å². The average molecular weight is 443 g/mol. The Kier molecular flexibility index (Phi) is 6.54. The molecule has 0 spiro atoms. The Morgan fingerprint density at radius 3 is 2.73 bits per heavy atom. The first-order valence-electron chi connectivity index (χ1n) is 9.92. The molecule has 1 aromatic carbocycles. The number of carbonyl (C=O) groups excluding carboxylic acids is 1. The summed E-state index contributed by atoms with van der Waals surface area (Å²) in [6, 6.07) is 9.66. The van der Waals surface area contributed by atoms with Gasteiger partial charge in [-0.2, -0.15) is 5.10 Å². The zero-order chi connectivity index (χ0) is 20.9. The molecule has 4 rings (SSSR count). The van der Waals surface area contributed by atoms with Gasteiger partial charge in [0.2, 0.25) is 5.91 Å². The van der Waals surface area contributed by atoms with E-state index in [2.05, 4.69) is 27.2 Å². The maximum absolute atomic E-state index is 12.6. The van der Waals surface area contributed by atoms with E-state index >= 15 is 0 Å². The fourth-order valence-corrected chi connectivity index (χ4v) is 4.54. The van der Waals surface area contributed by atoms with E-state index in [4.69, 9.17) is 11.6 Å². The summed E-state index contributed by atoms with van der Waals surface area (Å²) in [6.45, 7) is 4.37. The number of carbonyl (C=O) groups is 1.